The molecule has 0 saturated heterocycles. The minimum Gasteiger partial charge on any atom is -0.504 e. The van der Waals surface area contributed by atoms with E-state index in [1.54, 1.807) is 54.9 Å². The molecule has 156 valence electrons. The third-order valence-corrected chi connectivity index (χ3v) is 7.25. The molecule has 2 unspecified atom stereocenters. The molecule has 0 bridgehead atoms. The minimum atomic E-state index is -3.84. The first kappa shape index (κ1) is 20.3. The molecule has 1 aromatic heterocycles. The second kappa shape index (κ2) is 8.06. The Morgan fingerprint density at radius 2 is 1.90 bits per heavy atom. The maximum Gasteiger partial charge on any atom is 0.244 e. The Labute approximate surface area is 175 Å². The van der Waals surface area contributed by atoms with Gasteiger partial charge in [0.1, 0.15) is 0 Å². The van der Waals surface area contributed by atoms with Crippen LogP contribution < -0.4 is 4.74 Å². The zero-order valence-corrected chi connectivity index (χ0v) is 17.2. The fraction of sp³-hybridized carbons (Fsp3) is 0.227. The molecule has 2 atom stereocenters. The average Bonchev–Trinajstić information content (AvgIpc) is 2.76. The van der Waals surface area contributed by atoms with Gasteiger partial charge in [-0.3, -0.25) is 4.98 Å². The van der Waals surface area contributed by atoms with Gasteiger partial charge in [-0.15, -0.1) is 0 Å². The Hall–Kier alpha value is -2.94. The monoisotopic (exact) mass is 426 g/mol. The number of aromatic nitrogens is 1. The maximum absolute atomic E-state index is 13.5. The number of nitrogens with zero attached hydrogens (tertiary/aromatic N) is 2. The minimum absolute atomic E-state index is 0.00405. The van der Waals surface area contributed by atoms with E-state index in [-0.39, 0.29) is 23.6 Å². The van der Waals surface area contributed by atoms with Gasteiger partial charge < -0.3 is 14.9 Å². The molecule has 1 aliphatic heterocycles. The summed E-state index contributed by atoms with van der Waals surface area (Å²) in [5, 5.41) is 21.0. The van der Waals surface area contributed by atoms with Gasteiger partial charge >= 0.3 is 0 Å². The largest absolute Gasteiger partial charge is 0.504 e. The summed E-state index contributed by atoms with van der Waals surface area (Å²) in [5.41, 5.74) is 1.84. The van der Waals surface area contributed by atoms with E-state index in [0.29, 0.717) is 11.3 Å². The molecular formula is C22H22N2O5S. The van der Waals surface area contributed by atoms with E-state index in [9.17, 15) is 18.6 Å². The number of sulfonamides is 1. The van der Waals surface area contributed by atoms with E-state index < -0.39 is 22.2 Å². The van der Waals surface area contributed by atoms with Crippen LogP contribution in [0.15, 0.2) is 71.9 Å². The Morgan fingerprint density at radius 1 is 1.10 bits per heavy atom. The molecule has 0 fully saturated rings. The van der Waals surface area contributed by atoms with Gasteiger partial charge in [-0.05, 0) is 41.8 Å². The molecule has 2 heterocycles. The highest BCUT2D eigenvalue weighted by molar-refractivity contribution is 7.89. The first-order chi connectivity index (χ1) is 14.4. The van der Waals surface area contributed by atoms with Gasteiger partial charge in [-0.25, -0.2) is 8.42 Å². The van der Waals surface area contributed by atoms with E-state index in [2.05, 4.69) is 4.98 Å². The molecule has 0 spiro atoms. The molecule has 8 heteroatoms. The van der Waals surface area contributed by atoms with Crippen LogP contribution in [0.1, 0.15) is 22.8 Å². The van der Waals surface area contributed by atoms with Crippen molar-refractivity contribution in [2.45, 2.75) is 30.0 Å². The SMILES string of the molecule is COc1cc(CC2C(O)c3ccccc3S(=O)(=O)N2Cc2cccnc2)ccc1O. The number of aliphatic hydroxyl groups is 1. The number of hydrogen-bond donors (Lipinski definition) is 2. The summed E-state index contributed by atoms with van der Waals surface area (Å²) in [6.45, 7) is 0.0848. The summed E-state index contributed by atoms with van der Waals surface area (Å²) in [6.07, 6.45) is 2.47. The molecule has 0 radical (unpaired) electrons. The zero-order valence-electron chi connectivity index (χ0n) is 16.3. The number of rotatable bonds is 5. The van der Waals surface area contributed by atoms with Gasteiger partial charge in [0.05, 0.1) is 24.2 Å². The van der Waals surface area contributed by atoms with E-state index in [0.717, 1.165) is 11.1 Å². The zero-order chi connectivity index (χ0) is 21.3. The van der Waals surface area contributed by atoms with Crippen molar-refractivity contribution >= 4 is 10.0 Å². The Morgan fingerprint density at radius 3 is 2.63 bits per heavy atom. The van der Waals surface area contributed by atoms with E-state index in [1.165, 1.54) is 23.5 Å². The molecule has 1 aliphatic rings. The van der Waals surface area contributed by atoms with Crippen molar-refractivity contribution in [3.63, 3.8) is 0 Å². The number of benzene rings is 2. The number of fused-ring (bicyclic) bond motifs is 1. The van der Waals surface area contributed by atoms with Crippen LogP contribution in [-0.2, 0) is 23.0 Å². The fourth-order valence-electron chi connectivity index (χ4n) is 3.81. The molecule has 3 aromatic rings. The fourth-order valence-corrected chi connectivity index (χ4v) is 5.66. The summed E-state index contributed by atoms with van der Waals surface area (Å²) >= 11 is 0. The third kappa shape index (κ3) is 3.65. The van der Waals surface area contributed by atoms with Crippen LogP contribution in [0.3, 0.4) is 0 Å². The van der Waals surface area contributed by atoms with Gasteiger partial charge in [-0.1, -0.05) is 30.3 Å². The number of pyridine rings is 1. The molecule has 0 aliphatic carbocycles. The second-order valence-corrected chi connectivity index (χ2v) is 9.03. The van der Waals surface area contributed by atoms with Crippen molar-refractivity contribution in [2.24, 2.45) is 0 Å². The number of methoxy groups -OCH3 is 1. The molecular weight excluding hydrogens is 404 g/mol. The van der Waals surface area contributed by atoms with Crippen molar-refractivity contribution in [1.29, 1.82) is 0 Å². The number of aromatic hydroxyl groups is 1. The number of phenols is 1. The molecule has 2 aromatic carbocycles. The van der Waals surface area contributed by atoms with Gasteiger partial charge in [0.15, 0.2) is 11.5 Å². The smallest absolute Gasteiger partial charge is 0.244 e. The van der Waals surface area contributed by atoms with Gasteiger partial charge in [-0.2, -0.15) is 4.31 Å². The molecule has 0 amide bonds. The lowest BCUT2D eigenvalue weighted by molar-refractivity contribution is 0.0769. The standard InChI is InChI=1S/C22H22N2O5S/c1-29-20-12-15(8-9-19(20)25)11-18-22(26)17-6-2-3-7-21(17)30(27,28)24(18)14-16-5-4-10-23-13-16/h2-10,12-13,18,22,25-26H,11,14H2,1H3. The highest BCUT2D eigenvalue weighted by Crippen LogP contribution is 2.39. The van der Waals surface area contributed by atoms with Crippen LogP contribution in [0.4, 0.5) is 0 Å². The number of aliphatic hydroxyl groups excluding tert-OH is 1. The van der Waals surface area contributed by atoms with E-state index >= 15 is 0 Å². The summed E-state index contributed by atoms with van der Waals surface area (Å²) in [7, 11) is -2.39. The van der Waals surface area contributed by atoms with Crippen LogP contribution in [0.2, 0.25) is 0 Å². The number of hydrogen-bond acceptors (Lipinski definition) is 6. The lowest BCUT2D eigenvalue weighted by atomic mass is 9.95. The Balaban J connectivity index is 1.78. The van der Waals surface area contributed by atoms with Crippen molar-refractivity contribution in [1.82, 2.24) is 9.29 Å². The van der Waals surface area contributed by atoms with Crippen LogP contribution in [-0.4, -0.2) is 41.1 Å². The lowest BCUT2D eigenvalue weighted by Gasteiger charge is -2.39. The van der Waals surface area contributed by atoms with Gasteiger partial charge in [0, 0.05) is 24.5 Å². The summed E-state index contributed by atoms with van der Waals surface area (Å²) in [4.78, 5) is 4.19. The second-order valence-electron chi connectivity index (χ2n) is 7.17. The van der Waals surface area contributed by atoms with Crippen LogP contribution in [0.25, 0.3) is 0 Å². The topological polar surface area (TPSA) is 100.0 Å². The molecule has 2 N–H and O–H groups in total. The Kier molecular flexibility index (Phi) is 5.46. The molecule has 7 nitrogen and oxygen atoms in total. The van der Waals surface area contributed by atoms with Crippen molar-refractivity contribution in [2.75, 3.05) is 7.11 Å². The van der Waals surface area contributed by atoms with Crippen molar-refractivity contribution in [3.05, 3.63) is 83.7 Å². The highest BCUT2D eigenvalue weighted by Gasteiger charge is 2.43. The summed E-state index contributed by atoms with van der Waals surface area (Å²) < 4.78 is 33.4. The molecule has 4 rings (SSSR count). The first-order valence-electron chi connectivity index (χ1n) is 9.45. The quantitative estimate of drug-likeness (QED) is 0.651. The summed E-state index contributed by atoms with van der Waals surface area (Å²) in [5.74, 6) is 0.287. The van der Waals surface area contributed by atoms with Crippen molar-refractivity contribution in [3.8, 4) is 11.5 Å². The van der Waals surface area contributed by atoms with E-state index in [1.807, 2.05) is 0 Å². The third-order valence-electron chi connectivity index (χ3n) is 5.31. The highest BCUT2D eigenvalue weighted by atomic mass is 32.2. The molecule has 30 heavy (non-hydrogen) atoms. The van der Waals surface area contributed by atoms with Gasteiger partial charge in [0.25, 0.3) is 0 Å². The number of ether oxygens (including phenoxy) is 1. The normalized spacial score (nSPS) is 20.5. The first-order valence-corrected chi connectivity index (χ1v) is 10.9. The van der Waals surface area contributed by atoms with Crippen LogP contribution in [0.5, 0.6) is 11.5 Å². The van der Waals surface area contributed by atoms with Gasteiger partial charge in [0.2, 0.25) is 10.0 Å². The number of phenolic OH excluding ortho intramolecular Hbond substituents is 1. The van der Waals surface area contributed by atoms with E-state index in [4.69, 9.17) is 4.74 Å². The predicted octanol–water partition coefficient (Wildman–Crippen LogP) is 2.65. The van der Waals surface area contributed by atoms with Crippen molar-refractivity contribution < 1.29 is 23.4 Å². The lowest BCUT2D eigenvalue weighted by Crippen LogP contribution is -2.48. The summed E-state index contributed by atoms with van der Waals surface area (Å²) in [6, 6.07) is 14.2. The average molecular weight is 426 g/mol. The maximum atomic E-state index is 13.5. The Bertz CT molecular complexity index is 1150. The molecule has 0 saturated carbocycles. The predicted molar refractivity (Wildman–Crippen MR) is 111 cm³/mol. The van der Waals surface area contributed by atoms with Crippen LogP contribution >= 0.6 is 0 Å². The van der Waals surface area contributed by atoms with Crippen LogP contribution in [0, 0.1) is 0 Å².